The van der Waals surface area contributed by atoms with Crippen LogP contribution in [0.1, 0.15) is 41.6 Å². The fraction of sp³-hybridized carbons (Fsp3) is 0.324. The van der Waals surface area contributed by atoms with Gasteiger partial charge in [0.05, 0.1) is 44.7 Å². The molecular weight excluding hydrogens is 536 g/mol. The summed E-state index contributed by atoms with van der Waals surface area (Å²) < 4.78 is 26.0. The molecule has 4 aromatic rings. The highest BCUT2D eigenvalue weighted by Crippen LogP contribution is 2.30. The summed E-state index contributed by atoms with van der Waals surface area (Å²) >= 11 is 0. The van der Waals surface area contributed by atoms with Crippen LogP contribution in [0.5, 0.6) is 0 Å². The number of nitrogens with one attached hydrogen (secondary N) is 1. The minimum atomic E-state index is -0.551. The van der Waals surface area contributed by atoms with Crippen LogP contribution < -0.4 is 5.32 Å². The van der Waals surface area contributed by atoms with Gasteiger partial charge >= 0.3 is 0 Å². The lowest BCUT2D eigenvalue weighted by Crippen LogP contribution is -2.57. The second-order valence-electron chi connectivity index (χ2n) is 11.0. The predicted octanol–water partition coefficient (Wildman–Crippen LogP) is 6.77. The zero-order chi connectivity index (χ0) is 29.7. The van der Waals surface area contributed by atoms with Gasteiger partial charge in [-0.3, -0.25) is 5.32 Å². The molecule has 0 radical (unpaired) electrons. The van der Waals surface area contributed by atoms with Gasteiger partial charge in [-0.25, -0.2) is 0 Å². The Labute approximate surface area is 255 Å². The monoisotopic (exact) mass is 576 g/mol. The van der Waals surface area contributed by atoms with Gasteiger partial charge in [0.2, 0.25) is 0 Å². The van der Waals surface area contributed by atoms with Gasteiger partial charge in [-0.05, 0) is 29.2 Å². The van der Waals surface area contributed by atoms with Crippen molar-refractivity contribution in [2.45, 2.75) is 69.7 Å². The van der Waals surface area contributed by atoms with E-state index in [1.54, 1.807) is 0 Å². The second-order valence-corrected chi connectivity index (χ2v) is 11.0. The maximum atomic E-state index is 10.3. The molecule has 1 N–H and O–H groups in total. The van der Waals surface area contributed by atoms with E-state index in [0.29, 0.717) is 32.8 Å². The lowest BCUT2D eigenvalue weighted by atomic mass is 9.93. The molecule has 0 bridgehead atoms. The third kappa shape index (κ3) is 9.08. The Hall–Kier alpha value is -3.83. The Bertz CT molecular complexity index is 1380. The average molecular weight is 577 g/mol. The summed E-state index contributed by atoms with van der Waals surface area (Å²) in [4.78, 5) is 0. The highest BCUT2D eigenvalue weighted by molar-refractivity contribution is 5.20. The Morgan fingerprint density at radius 3 is 1.81 bits per heavy atom. The van der Waals surface area contributed by atoms with Crippen LogP contribution in [0.15, 0.2) is 121 Å². The highest BCUT2D eigenvalue weighted by atomic mass is 16.6. The molecule has 1 fully saturated rings. The molecule has 1 aliphatic heterocycles. The molecule has 5 rings (SSSR count). The zero-order valence-corrected chi connectivity index (χ0v) is 24.6. The molecule has 1 saturated heterocycles. The van der Waals surface area contributed by atoms with Gasteiger partial charge in [-0.15, -0.1) is 0 Å². The van der Waals surface area contributed by atoms with E-state index in [4.69, 9.17) is 18.9 Å². The molecular formula is C37H40N2O4. The van der Waals surface area contributed by atoms with Gasteiger partial charge in [-0.1, -0.05) is 121 Å². The normalized spacial score (nSPS) is 21.5. The van der Waals surface area contributed by atoms with Crippen LogP contribution >= 0.6 is 0 Å². The van der Waals surface area contributed by atoms with E-state index in [1.807, 2.05) is 97.1 Å². The fourth-order valence-electron chi connectivity index (χ4n) is 5.43. The summed E-state index contributed by atoms with van der Waals surface area (Å²) in [5.41, 5.74) is 4.35. The topological polar surface area (TPSA) is 72.7 Å². The fourth-order valence-corrected chi connectivity index (χ4v) is 5.43. The Balaban J connectivity index is 1.36. The molecule has 1 heterocycles. The molecule has 1 aliphatic rings. The van der Waals surface area contributed by atoms with E-state index in [1.165, 1.54) is 0 Å². The third-order valence-electron chi connectivity index (χ3n) is 7.77. The SMILES string of the molecule is C[C@H](NC(C#N)[C@H]1C[C@@H](OCc2ccccc2)[C@H](OCc2ccccc2)[C@@H](COCc2ccccc2)O1)c1ccccc1. The highest BCUT2D eigenvalue weighted by Gasteiger charge is 2.43. The first kappa shape index (κ1) is 30.6. The molecule has 0 aromatic heterocycles. The van der Waals surface area contributed by atoms with Crippen molar-refractivity contribution in [3.8, 4) is 6.07 Å². The number of nitriles is 1. The molecule has 222 valence electrons. The summed E-state index contributed by atoms with van der Waals surface area (Å²) in [5, 5.41) is 13.8. The van der Waals surface area contributed by atoms with Crippen LogP contribution in [0.2, 0.25) is 0 Å². The number of hydrogen-bond acceptors (Lipinski definition) is 6. The predicted molar refractivity (Wildman–Crippen MR) is 167 cm³/mol. The average Bonchev–Trinajstić information content (AvgIpc) is 3.07. The molecule has 0 aliphatic carbocycles. The summed E-state index contributed by atoms with van der Waals surface area (Å²) in [6.45, 7) is 3.69. The molecule has 0 spiro atoms. The van der Waals surface area contributed by atoms with E-state index in [9.17, 15) is 5.26 Å². The van der Waals surface area contributed by atoms with Crippen LogP contribution in [-0.2, 0) is 38.8 Å². The zero-order valence-electron chi connectivity index (χ0n) is 24.6. The van der Waals surface area contributed by atoms with E-state index in [2.05, 4.69) is 42.6 Å². The number of rotatable bonds is 14. The molecule has 0 saturated carbocycles. The van der Waals surface area contributed by atoms with Gasteiger partial charge in [0.25, 0.3) is 0 Å². The molecule has 6 heteroatoms. The van der Waals surface area contributed by atoms with Crippen LogP contribution in [-0.4, -0.2) is 37.1 Å². The van der Waals surface area contributed by atoms with Gasteiger partial charge in [0.1, 0.15) is 18.2 Å². The lowest BCUT2D eigenvalue weighted by molar-refractivity contribution is -0.223. The van der Waals surface area contributed by atoms with Crippen LogP contribution in [0.4, 0.5) is 0 Å². The standard InChI is InChI=1S/C37H40N2O4/c1-28(32-20-12-5-13-21-32)39-33(23-38)34-22-35(41-25-30-16-8-3-9-17-30)37(42-26-31-18-10-4-11-19-31)36(43-34)27-40-24-29-14-6-2-7-15-29/h2-21,28,33-37,39H,22,24-27H2,1H3/t28-,33?,34+,35+,36+,37-/m0/s1. The molecule has 1 unspecified atom stereocenters. The largest absolute Gasteiger partial charge is 0.374 e. The maximum Gasteiger partial charge on any atom is 0.122 e. The van der Waals surface area contributed by atoms with Gasteiger partial charge < -0.3 is 18.9 Å². The van der Waals surface area contributed by atoms with Crippen molar-refractivity contribution >= 4 is 0 Å². The first-order valence-corrected chi connectivity index (χ1v) is 15.0. The summed E-state index contributed by atoms with van der Waals surface area (Å²) in [7, 11) is 0. The minimum Gasteiger partial charge on any atom is -0.374 e. The summed E-state index contributed by atoms with van der Waals surface area (Å²) in [6.07, 6.45) is -1.04. The smallest absolute Gasteiger partial charge is 0.122 e. The maximum absolute atomic E-state index is 10.3. The van der Waals surface area contributed by atoms with Crippen molar-refractivity contribution in [1.82, 2.24) is 5.32 Å². The Kier molecular flexibility index (Phi) is 11.5. The molecule has 6 atom stereocenters. The number of hydrogen-bond donors (Lipinski definition) is 1. The first-order valence-electron chi connectivity index (χ1n) is 15.0. The molecule has 4 aromatic carbocycles. The summed E-state index contributed by atoms with van der Waals surface area (Å²) in [5.74, 6) is 0. The van der Waals surface area contributed by atoms with Crippen molar-refractivity contribution in [3.05, 3.63) is 144 Å². The van der Waals surface area contributed by atoms with Crippen molar-refractivity contribution < 1.29 is 18.9 Å². The molecule has 43 heavy (non-hydrogen) atoms. The first-order chi connectivity index (χ1) is 21.2. The lowest BCUT2D eigenvalue weighted by Gasteiger charge is -2.43. The second kappa shape index (κ2) is 16.1. The number of benzene rings is 4. The number of ether oxygens (including phenoxy) is 4. The third-order valence-corrected chi connectivity index (χ3v) is 7.77. The van der Waals surface area contributed by atoms with Gasteiger partial charge in [0.15, 0.2) is 0 Å². The van der Waals surface area contributed by atoms with Crippen LogP contribution in [0.3, 0.4) is 0 Å². The van der Waals surface area contributed by atoms with E-state index in [0.717, 1.165) is 22.3 Å². The van der Waals surface area contributed by atoms with Crippen molar-refractivity contribution in [2.75, 3.05) is 6.61 Å². The molecule has 6 nitrogen and oxygen atoms in total. The quantitative estimate of drug-likeness (QED) is 0.179. The van der Waals surface area contributed by atoms with Crippen LogP contribution in [0.25, 0.3) is 0 Å². The van der Waals surface area contributed by atoms with Crippen LogP contribution in [0, 0.1) is 11.3 Å². The molecule has 0 amide bonds. The number of nitrogens with zero attached hydrogens (tertiary/aromatic N) is 1. The Morgan fingerprint density at radius 2 is 1.26 bits per heavy atom. The van der Waals surface area contributed by atoms with Crippen molar-refractivity contribution in [1.29, 1.82) is 5.26 Å². The Morgan fingerprint density at radius 1 is 0.744 bits per heavy atom. The van der Waals surface area contributed by atoms with E-state index < -0.39 is 18.2 Å². The minimum absolute atomic E-state index is 0.0297. The van der Waals surface area contributed by atoms with E-state index in [-0.39, 0.29) is 18.2 Å². The summed E-state index contributed by atoms with van der Waals surface area (Å²) in [6, 6.07) is 42.3. The van der Waals surface area contributed by atoms with Crippen molar-refractivity contribution in [3.63, 3.8) is 0 Å². The van der Waals surface area contributed by atoms with Crippen molar-refractivity contribution in [2.24, 2.45) is 0 Å². The van der Waals surface area contributed by atoms with Gasteiger partial charge in [-0.2, -0.15) is 5.26 Å². The van der Waals surface area contributed by atoms with E-state index >= 15 is 0 Å². The van der Waals surface area contributed by atoms with Gasteiger partial charge in [0, 0.05) is 12.5 Å².